The SMILES string of the molecule is O=C(CNC(=O)C1CCCCC1)N/N=C/c1cccc([N+](=O)[O-])c1. The van der Waals surface area contributed by atoms with E-state index in [9.17, 15) is 19.7 Å². The highest BCUT2D eigenvalue weighted by atomic mass is 16.6. The largest absolute Gasteiger partial charge is 0.347 e. The third kappa shape index (κ3) is 5.45. The number of hydrogen-bond donors (Lipinski definition) is 2. The third-order valence-electron chi connectivity index (χ3n) is 3.88. The van der Waals surface area contributed by atoms with Crippen molar-refractivity contribution in [2.24, 2.45) is 11.0 Å². The summed E-state index contributed by atoms with van der Waals surface area (Å²) in [6.07, 6.45) is 6.33. The van der Waals surface area contributed by atoms with E-state index in [1.807, 2.05) is 0 Å². The maximum Gasteiger partial charge on any atom is 0.270 e. The average Bonchev–Trinajstić information content (AvgIpc) is 2.60. The number of rotatable bonds is 6. The van der Waals surface area contributed by atoms with Gasteiger partial charge in [-0.2, -0.15) is 5.10 Å². The first kappa shape index (κ1) is 17.6. The number of carbonyl (C=O) groups excluding carboxylic acids is 2. The van der Waals surface area contributed by atoms with Crippen LogP contribution in [0.25, 0.3) is 0 Å². The molecule has 0 atom stereocenters. The van der Waals surface area contributed by atoms with E-state index in [1.54, 1.807) is 6.07 Å². The van der Waals surface area contributed by atoms with E-state index < -0.39 is 10.8 Å². The first-order chi connectivity index (χ1) is 11.6. The molecule has 0 aliphatic heterocycles. The molecule has 0 saturated heterocycles. The quantitative estimate of drug-likeness (QED) is 0.469. The number of nitrogens with zero attached hydrogens (tertiary/aromatic N) is 2. The lowest BCUT2D eigenvalue weighted by Crippen LogP contribution is -2.38. The van der Waals surface area contributed by atoms with Crippen molar-refractivity contribution in [1.29, 1.82) is 0 Å². The van der Waals surface area contributed by atoms with Gasteiger partial charge in [0.1, 0.15) is 0 Å². The van der Waals surface area contributed by atoms with Crippen LogP contribution in [0.5, 0.6) is 0 Å². The normalized spacial score (nSPS) is 15.2. The molecule has 2 N–H and O–H groups in total. The molecule has 0 spiro atoms. The standard InChI is InChI=1S/C16H20N4O4/c21-15(11-17-16(22)13-6-2-1-3-7-13)19-18-10-12-5-4-8-14(9-12)20(23)24/h4-5,8-10,13H,1-3,6-7,11H2,(H,17,22)(H,19,21)/b18-10+. The lowest BCUT2D eigenvalue weighted by Gasteiger charge is -2.20. The molecule has 0 heterocycles. The Labute approximate surface area is 139 Å². The number of non-ortho nitro benzene ring substituents is 1. The van der Waals surface area contributed by atoms with Crippen LogP contribution < -0.4 is 10.7 Å². The second-order valence-corrected chi connectivity index (χ2v) is 5.70. The summed E-state index contributed by atoms with van der Waals surface area (Å²) in [5, 5.41) is 17.0. The van der Waals surface area contributed by atoms with Gasteiger partial charge in [-0.05, 0) is 12.8 Å². The van der Waals surface area contributed by atoms with Crippen LogP contribution in [-0.2, 0) is 9.59 Å². The van der Waals surface area contributed by atoms with E-state index in [1.165, 1.54) is 24.4 Å². The first-order valence-corrected chi connectivity index (χ1v) is 7.90. The summed E-state index contributed by atoms with van der Waals surface area (Å²) in [6, 6.07) is 5.89. The molecule has 1 fully saturated rings. The van der Waals surface area contributed by atoms with Crippen LogP contribution in [0.4, 0.5) is 5.69 Å². The zero-order valence-corrected chi connectivity index (χ0v) is 13.2. The summed E-state index contributed by atoms with van der Waals surface area (Å²) in [6.45, 7) is -0.137. The van der Waals surface area contributed by atoms with Gasteiger partial charge in [0.2, 0.25) is 5.91 Å². The summed E-state index contributed by atoms with van der Waals surface area (Å²) in [4.78, 5) is 33.7. The Morgan fingerprint density at radius 1 is 1.29 bits per heavy atom. The van der Waals surface area contributed by atoms with E-state index in [4.69, 9.17) is 0 Å². The molecule has 1 aliphatic rings. The van der Waals surface area contributed by atoms with Crippen LogP contribution >= 0.6 is 0 Å². The molecule has 0 bridgehead atoms. The van der Waals surface area contributed by atoms with Gasteiger partial charge < -0.3 is 5.32 Å². The van der Waals surface area contributed by atoms with Gasteiger partial charge in [-0.3, -0.25) is 19.7 Å². The van der Waals surface area contributed by atoms with Gasteiger partial charge in [0.15, 0.2) is 0 Å². The third-order valence-corrected chi connectivity index (χ3v) is 3.88. The minimum Gasteiger partial charge on any atom is -0.347 e. The second-order valence-electron chi connectivity index (χ2n) is 5.70. The van der Waals surface area contributed by atoms with E-state index in [0.717, 1.165) is 32.1 Å². The maximum atomic E-state index is 11.9. The molecule has 1 aliphatic carbocycles. The number of nitro benzene ring substituents is 1. The fourth-order valence-electron chi connectivity index (χ4n) is 2.61. The fourth-order valence-corrected chi connectivity index (χ4v) is 2.61. The molecule has 0 unspecified atom stereocenters. The van der Waals surface area contributed by atoms with Crippen LogP contribution in [0.1, 0.15) is 37.7 Å². The summed E-state index contributed by atoms with van der Waals surface area (Å²) >= 11 is 0. The van der Waals surface area contributed by atoms with Crippen molar-refractivity contribution in [3.63, 3.8) is 0 Å². The van der Waals surface area contributed by atoms with Crippen molar-refractivity contribution in [2.45, 2.75) is 32.1 Å². The van der Waals surface area contributed by atoms with E-state index in [0.29, 0.717) is 5.56 Å². The molecular weight excluding hydrogens is 312 g/mol. The summed E-state index contributed by atoms with van der Waals surface area (Å²) in [5.41, 5.74) is 2.73. The van der Waals surface area contributed by atoms with Gasteiger partial charge in [-0.15, -0.1) is 0 Å². The molecule has 1 saturated carbocycles. The summed E-state index contributed by atoms with van der Waals surface area (Å²) in [7, 11) is 0. The van der Waals surface area contributed by atoms with Crippen molar-refractivity contribution in [2.75, 3.05) is 6.54 Å². The minimum atomic E-state index is -0.503. The predicted octanol–water partition coefficient (Wildman–Crippen LogP) is 1.74. The number of carbonyl (C=O) groups is 2. The Morgan fingerprint density at radius 3 is 2.75 bits per heavy atom. The van der Waals surface area contributed by atoms with E-state index in [2.05, 4.69) is 15.8 Å². The number of amides is 2. The van der Waals surface area contributed by atoms with Crippen molar-refractivity contribution in [1.82, 2.24) is 10.7 Å². The maximum absolute atomic E-state index is 11.9. The van der Waals surface area contributed by atoms with Gasteiger partial charge in [-0.25, -0.2) is 5.43 Å². The van der Waals surface area contributed by atoms with Crippen molar-refractivity contribution < 1.29 is 14.5 Å². The number of benzene rings is 1. The van der Waals surface area contributed by atoms with Crippen LogP contribution in [0, 0.1) is 16.0 Å². The second kappa shape index (κ2) is 8.76. The average molecular weight is 332 g/mol. The van der Waals surface area contributed by atoms with Crippen molar-refractivity contribution >= 4 is 23.7 Å². The first-order valence-electron chi connectivity index (χ1n) is 7.90. The summed E-state index contributed by atoms with van der Waals surface area (Å²) in [5.74, 6) is -0.534. The van der Waals surface area contributed by atoms with Crippen molar-refractivity contribution in [3.05, 3.63) is 39.9 Å². The molecule has 128 valence electrons. The number of nitro groups is 1. The Morgan fingerprint density at radius 2 is 2.04 bits per heavy atom. The number of hydrogen-bond acceptors (Lipinski definition) is 5. The zero-order valence-electron chi connectivity index (χ0n) is 13.2. The highest BCUT2D eigenvalue weighted by molar-refractivity contribution is 5.87. The zero-order chi connectivity index (χ0) is 17.4. The van der Waals surface area contributed by atoms with Gasteiger partial charge in [0.05, 0.1) is 17.7 Å². The predicted molar refractivity (Wildman–Crippen MR) is 88.4 cm³/mol. The van der Waals surface area contributed by atoms with Gasteiger partial charge in [-0.1, -0.05) is 31.4 Å². The highest BCUT2D eigenvalue weighted by Crippen LogP contribution is 2.23. The number of nitrogens with one attached hydrogen (secondary N) is 2. The summed E-state index contributed by atoms with van der Waals surface area (Å²) < 4.78 is 0. The molecule has 8 nitrogen and oxygen atoms in total. The van der Waals surface area contributed by atoms with Gasteiger partial charge in [0, 0.05) is 23.6 Å². The Bertz CT molecular complexity index is 639. The van der Waals surface area contributed by atoms with Crippen LogP contribution in [-0.4, -0.2) is 29.5 Å². The molecule has 0 aromatic heterocycles. The number of hydrazone groups is 1. The lowest BCUT2D eigenvalue weighted by molar-refractivity contribution is -0.384. The smallest absolute Gasteiger partial charge is 0.270 e. The lowest BCUT2D eigenvalue weighted by atomic mass is 9.89. The molecule has 0 radical (unpaired) electrons. The van der Waals surface area contributed by atoms with Crippen LogP contribution in [0.3, 0.4) is 0 Å². The van der Waals surface area contributed by atoms with Gasteiger partial charge in [0.25, 0.3) is 11.6 Å². The Hall–Kier alpha value is -2.77. The molecule has 2 rings (SSSR count). The van der Waals surface area contributed by atoms with Gasteiger partial charge >= 0.3 is 0 Å². The highest BCUT2D eigenvalue weighted by Gasteiger charge is 2.21. The molecular formula is C16H20N4O4. The van der Waals surface area contributed by atoms with E-state index in [-0.39, 0.29) is 24.1 Å². The molecule has 1 aromatic rings. The Kier molecular flexibility index (Phi) is 6.41. The van der Waals surface area contributed by atoms with E-state index >= 15 is 0 Å². The fraction of sp³-hybridized carbons (Fsp3) is 0.438. The Balaban J connectivity index is 1.75. The molecule has 1 aromatic carbocycles. The van der Waals surface area contributed by atoms with Crippen molar-refractivity contribution in [3.8, 4) is 0 Å². The van der Waals surface area contributed by atoms with Crippen LogP contribution in [0.15, 0.2) is 29.4 Å². The molecule has 24 heavy (non-hydrogen) atoms. The molecule has 8 heteroatoms. The minimum absolute atomic E-state index is 0.0000748. The van der Waals surface area contributed by atoms with Crippen LogP contribution in [0.2, 0.25) is 0 Å². The molecule has 2 amide bonds. The monoisotopic (exact) mass is 332 g/mol. The topological polar surface area (TPSA) is 114 Å².